The highest BCUT2D eigenvalue weighted by atomic mass is 14.8. The molecule has 0 N–H and O–H groups in total. The van der Waals surface area contributed by atoms with E-state index in [-0.39, 0.29) is 0 Å². The van der Waals surface area contributed by atoms with Crippen molar-refractivity contribution in [2.75, 3.05) is 0 Å². The molecular formula is C12H16N2. The van der Waals surface area contributed by atoms with Crippen LogP contribution in [-0.4, -0.2) is 9.97 Å². The molecule has 0 radical (unpaired) electrons. The van der Waals surface area contributed by atoms with Gasteiger partial charge in [-0.2, -0.15) is 0 Å². The topological polar surface area (TPSA) is 25.8 Å². The molecule has 2 nitrogen and oxygen atoms in total. The molecule has 0 atom stereocenters. The van der Waals surface area contributed by atoms with Crippen molar-refractivity contribution >= 4 is 11.0 Å². The molecule has 14 heavy (non-hydrogen) atoms. The monoisotopic (exact) mass is 188 g/mol. The number of hydrogen-bond acceptors (Lipinski definition) is 2. The van der Waals surface area contributed by atoms with Crippen molar-refractivity contribution in [2.24, 2.45) is 0 Å². The van der Waals surface area contributed by atoms with Crippen LogP contribution >= 0.6 is 0 Å². The Kier molecular flexibility index (Phi) is 4.05. The van der Waals surface area contributed by atoms with E-state index in [2.05, 4.69) is 23.8 Å². The molecule has 2 rings (SSSR count). The average molecular weight is 188 g/mol. The minimum atomic E-state index is 0.957. The number of aromatic nitrogens is 2. The van der Waals surface area contributed by atoms with Gasteiger partial charge in [0, 0.05) is 6.20 Å². The van der Waals surface area contributed by atoms with E-state index in [1.807, 2.05) is 31.2 Å². The molecule has 2 aromatic rings. The molecule has 0 aliphatic rings. The largest absolute Gasteiger partial charge is 0.253 e. The van der Waals surface area contributed by atoms with Crippen LogP contribution in [0.4, 0.5) is 0 Å². The van der Waals surface area contributed by atoms with E-state index in [1.54, 1.807) is 6.20 Å². The minimum Gasteiger partial charge on any atom is -0.253 e. The zero-order valence-corrected chi connectivity index (χ0v) is 8.99. The highest BCUT2D eigenvalue weighted by Gasteiger charge is 1.92. The van der Waals surface area contributed by atoms with E-state index < -0.39 is 0 Å². The van der Waals surface area contributed by atoms with Crippen molar-refractivity contribution in [1.82, 2.24) is 9.97 Å². The Hall–Kier alpha value is -1.44. The molecule has 1 aromatic heterocycles. The molecule has 0 saturated heterocycles. The van der Waals surface area contributed by atoms with E-state index in [9.17, 15) is 0 Å². The minimum absolute atomic E-state index is 0.957. The molecule has 74 valence electrons. The highest BCUT2D eigenvalue weighted by Crippen LogP contribution is 2.06. The molecule has 0 saturated carbocycles. The van der Waals surface area contributed by atoms with Gasteiger partial charge in [-0.3, -0.25) is 4.98 Å². The predicted octanol–water partition coefficient (Wildman–Crippen LogP) is 3.35. The first kappa shape index (κ1) is 10.6. The lowest BCUT2D eigenvalue weighted by Gasteiger charge is -1.95. The maximum absolute atomic E-state index is 4.31. The second kappa shape index (κ2) is 5.32. The first-order valence-electron chi connectivity index (χ1n) is 4.96. The van der Waals surface area contributed by atoms with E-state index in [0.29, 0.717) is 0 Å². The zero-order chi connectivity index (χ0) is 10.4. The maximum Gasteiger partial charge on any atom is 0.0889 e. The van der Waals surface area contributed by atoms with Gasteiger partial charge in [-0.1, -0.05) is 32.4 Å². The summed E-state index contributed by atoms with van der Waals surface area (Å²) >= 11 is 0. The lowest BCUT2D eigenvalue weighted by molar-refractivity contribution is 1.09. The number of rotatable bonds is 0. The summed E-state index contributed by atoms with van der Waals surface area (Å²) in [7, 11) is 0. The fourth-order valence-electron chi connectivity index (χ4n) is 1.05. The maximum atomic E-state index is 4.31. The van der Waals surface area contributed by atoms with Crippen molar-refractivity contribution < 1.29 is 0 Å². The second-order valence-electron chi connectivity index (χ2n) is 3.21. The van der Waals surface area contributed by atoms with Gasteiger partial charge in [0.15, 0.2) is 0 Å². The SMILES string of the molecule is CCC.Cc1cnc2ccccc2n1. The number of fused-ring (bicyclic) bond motifs is 1. The molecule has 1 aromatic carbocycles. The quantitative estimate of drug-likeness (QED) is 0.633. The molecule has 0 aliphatic carbocycles. The van der Waals surface area contributed by atoms with Gasteiger partial charge < -0.3 is 0 Å². The van der Waals surface area contributed by atoms with E-state index in [4.69, 9.17) is 0 Å². The van der Waals surface area contributed by atoms with Gasteiger partial charge in [0.05, 0.1) is 16.7 Å². The van der Waals surface area contributed by atoms with Crippen molar-refractivity contribution in [3.8, 4) is 0 Å². The molecule has 0 fully saturated rings. The summed E-state index contributed by atoms with van der Waals surface area (Å²) in [6.07, 6.45) is 3.03. The normalized spacial score (nSPS) is 9.36. The Bertz CT molecular complexity index is 396. The van der Waals surface area contributed by atoms with E-state index in [0.717, 1.165) is 16.7 Å². The van der Waals surface area contributed by atoms with Gasteiger partial charge in [-0.05, 0) is 19.1 Å². The number of hydrogen-bond donors (Lipinski definition) is 0. The van der Waals surface area contributed by atoms with Crippen molar-refractivity contribution in [3.63, 3.8) is 0 Å². The number of benzene rings is 1. The fraction of sp³-hybridized carbons (Fsp3) is 0.333. The summed E-state index contributed by atoms with van der Waals surface area (Å²) in [6.45, 7) is 6.19. The van der Waals surface area contributed by atoms with Crippen molar-refractivity contribution in [3.05, 3.63) is 36.2 Å². The first-order chi connectivity index (χ1) is 6.77. The van der Waals surface area contributed by atoms with Crippen LogP contribution < -0.4 is 0 Å². The van der Waals surface area contributed by atoms with Crippen LogP contribution in [0.25, 0.3) is 11.0 Å². The molecule has 0 bridgehead atoms. The number of aryl methyl sites for hydroxylation is 1. The van der Waals surface area contributed by atoms with E-state index in [1.165, 1.54) is 6.42 Å². The molecule has 2 heteroatoms. The number of nitrogens with zero attached hydrogens (tertiary/aromatic N) is 2. The zero-order valence-electron chi connectivity index (χ0n) is 8.99. The Balaban J connectivity index is 0.000000293. The summed E-state index contributed by atoms with van der Waals surface area (Å²) in [5.41, 5.74) is 2.88. The van der Waals surface area contributed by atoms with Crippen molar-refractivity contribution in [2.45, 2.75) is 27.2 Å². The summed E-state index contributed by atoms with van der Waals surface area (Å²) in [4.78, 5) is 8.53. The van der Waals surface area contributed by atoms with Gasteiger partial charge in [0.2, 0.25) is 0 Å². The van der Waals surface area contributed by atoms with Crippen LogP contribution in [0.1, 0.15) is 26.0 Å². The smallest absolute Gasteiger partial charge is 0.0889 e. The molecule has 0 aliphatic heterocycles. The third kappa shape index (κ3) is 2.80. The van der Waals surface area contributed by atoms with Gasteiger partial charge in [0.1, 0.15) is 0 Å². The summed E-state index contributed by atoms with van der Waals surface area (Å²) < 4.78 is 0. The lowest BCUT2D eigenvalue weighted by Crippen LogP contribution is -1.85. The van der Waals surface area contributed by atoms with Crippen LogP contribution in [0.5, 0.6) is 0 Å². The molecule has 1 heterocycles. The lowest BCUT2D eigenvalue weighted by atomic mass is 10.3. The number of para-hydroxylation sites is 2. The van der Waals surface area contributed by atoms with Crippen LogP contribution in [0, 0.1) is 6.92 Å². The summed E-state index contributed by atoms with van der Waals surface area (Å²) in [6, 6.07) is 7.86. The molecule has 0 unspecified atom stereocenters. The van der Waals surface area contributed by atoms with Crippen molar-refractivity contribution in [1.29, 1.82) is 0 Å². The Labute approximate surface area is 85.0 Å². The fourth-order valence-corrected chi connectivity index (χ4v) is 1.05. The van der Waals surface area contributed by atoms with Gasteiger partial charge in [-0.15, -0.1) is 0 Å². The molecular weight excluding hydrogens is 172 g/mol. The molecule has 0 spiro atoms. The van der Waals surface area contributed by atoms with Crippen LogP contribution in [-0.2, 0) is 0 Å². The second-order valence-corrected chi connectivity index (χ2v) is 3.21. The van der Waals surface area contributed by atoms with Crippen LogP contribution in [0.15, 0.2) is 30.5 Å². The van der Waals surface area contributed by atoms with E-state index >= 15 is 0 Å². The first-order valence-corrected chi connectivity index (χ1v) is 4.96. The Morgan fingerprint density at radius 2 is 1.64 bits per heavy atom. The standard InChI is InChI=1S/C9H8N2.C3H8/c1-7-6-10-8-4-2-3-5-9(8)11-7;1-3-2/h2-6H,1H3;3H2,1-2H3. The predicted molar refractivity (Wildman–Crippen MR) is 60.2 cm³/mol. The average Bonchev–Trinajstić information content (AvgIpc) is 2.19. The Morgan fingerprint density at radius 1 is 1.07 bits per heavy atom. The third-order valence-electron chi connectivity index (χ3n) is 1.57. The van der Waals surface area contributed by atoms with Gasteiger partial charge in [0.25, 0.3) is 0 Å². The van der Waals surface area contributed by atoms with Crippen LogP contribution in [0.3, 0.4) is 0 Å². The van der Waals surface area contributed by atoms with Gasteiger partial charge in [-0.25, -0.2) is 4.98 Å². The summed E-state index contributed by atoms with van der Waals surface area (Å²) in [5, 5.41) is 0. The summed E-state index contributed by atoms with van der Waals surface area (Å²) in [5.74, 6) is 0. The van der Waals surface area contributed by atoms with Gasteiger partial charge >= 0.3 is 0 Å². The highest BCUT2D eigenvalue weighted by molar-refractivity contribution is 5.73. The third-order valence-corrected chi connectivity index (χ3v) is 1.57. The molecule has 0 amide bonds. The Morgan fingerprint density at radius 3 is 2.29 bits per heavy atom. The van der Waals surface area contributed by atoms with Crippen LogP contribution in [0.2, 0.25) is 0 Å².